The first-order valence-electron chi connectivity index (χ1n) is 7.19. The van der Waals surface area contributed by atoms with Gasteiger partial charge in [-0.1, -0.05) is 29.8 Å². The van der Waals surface area contributed by atoms with E-state index >= 15 is 0 Å². The summed E-state index contributed by atoms with van der Waals surface area (Å²) in [5.41, 5.74) is 8.84. The number of hydrogen-bond donors (Lipinski definition) is 1. The van der Waals surface area contributed by atoms with Crippen molar-refractivity contribution in [2.24, 2.45) is 5.73 Å². The second-order valence-corrected chi connectivity index (χ2v) is 5.93. The van der Waals surface area contributed by atoms with Crippen molar-refractivity contribution in [3.8, 4) is 0 Å². The van der Waals surface area contributed by atoms with Crippen LogP contribution in [-0.4, -0.2) is 36.2 Å². The number of morpholine rings is 1. The highest BCUT2D eigenvalue weighted by Crippen LogP contribution is 2.27. The summed E-state index contributed by atoms with van der Waals surface area (Å²) in [5, 5.41) is 0. The zero-order chi connectivity index (χ0) is 14.0. The van der Waals surface area contributed by atoms with Crippen LogP contribution < -0.4 is 5.73 Å². The molecule has 0 saturated carbocycles. The zero-order valence-electron chi connectivity index (χ0n) is 12.5. The maximum Gasteiger partial charge on any atom is 0.0678 e. The van der Waals surface area contributed by atoms with E-state index in [0.717, 1.165) is 13.1 Å². The second kappa shape index (κ2) is 6.04. The Morgan fingerprint density at radius 2 is 1.68 bits per heavy atom. The van der Waals surface area contributed by atoms with E-state index < -0.39 is 0 Å². The van der Waals surface area contributed by atoms with Gasteiger partial charge in [-0.05, 0) is 33.3 Å². The van der Waals surface area contributed by atoms with Gasteiger partial charge in [0.25, 0.3) is 0 Å². The molecule has 1 aromatic carbocycles. The summed E-state index contributed by atoms with van der Waals surface area (Å²) in [5.74, 6) is 0. The average Bonchev–Trinajstić information content (AvgIpc) is 2.30. The molecule has 0 bridgehead atoms. The van der Waals surface area contributed by atoms with E-state index in [0.29, 0.717) is 0 Å². The van der Waals surface area contributed by atoms with Crippen molar-refractivity contribution in [3.63, 3.8) is 0 Å². The van der Waals surface area contributed by atoms with Gasteiger partial charge in [-0.15, -0.1) is 0 Å². The lowest BCUT2D eigenvalue weighted by Crippen LogP contribution is -2.50. The van der Waals surface area contributed by atoms with Crippen molar-refractivity contribution in [3.05, 3.63) is 35.4 Å². The Bertz CT molecular complexity index is 392. The molecule has 4 atom stereocenters. The monoisotopic (exact) mass is 262 g/mol. The summed E-state index contributed by atoms with van der Waals surface area (Å²) in [7, 11) is 0. The SMILES string of the molecule is Cc1ccc(C(C(C)N)N2CC(C)OC(C)C2)cc1. The van der Waals surface area contributed by atoms with Crippen LogP contribution in [0.25, 0.3) is 0 Å². The van der Waals surface area contributed by atoms with Crippen LogP contribution >= 0.6 is 0 Å². The van der Waals surface area contributed by atoms with Gasteiger partial charge < -0.3 is 10.5 Å². The second-order valence-electron chi connectivity index (χ2n) is 5.93. The largest absolute Gasteiger partial charge is 0.373 e. The normalized spacial score (nSPS) is 28.1. The lowest BCUT2D eigenvalue weighted by Gasteiger charge is -2.42. The number of rotatable bonds is 3. The van der Waals surface area contributed by atoms with Crippen molar-refractivity contribution in [2.45, 2.75) is 52.0 Å². The lowest BCUT2D eigenvalue weighted by atomic mass is 9.97. The summed E-state index contributed by atoms with van der Waals surface area (Å²) >= 11 is 0. The Hall–Kier alpha value is -0.900. The quantitative estimate of drug-likeness (QED) is 0.909. The molecule has 1 heterocycles. The highest BCUT2D eigenvalue weighted by Gasteiger charge is 2.30. The van der Waals surface area contributed by atoms with E-state index in [4.69, 9.17) is 10.5 Å². The Labute approximate surface area is 116 Å². The number of hydrogen-bond acceptors (Lipinski definition) is 3. The van der Waals surface area contributed by atoms with Gasteiger partial charge in [-0.2, -0.15) is 0 Å². The predicted octanol–water partition coefficient (Wildman–Crippen LogP) is 2.49. The van der Waals surface area contributed by atoms with Crippen LogP contribution in [0, 0.1) is 6.92 Å². The molecule has 3 heteroatoms. The van der Waals surface area contributed by atoms with Crippen molar-refractivity contribution in [1.29, 1.82) is 0 Å². The molecule has 4 unspecified atom stereocenters. The molecule has 2 N–H and O–H groups in total. The third kappa shape index (κ3) is 3.56. The Morgan fingerprint density at radius 1 is 1.16 bits per heavy atom. The number of nitrogens with two attached hydrogens (primary N) is 1. The van der Waals surface area contributed by atoms with Crippen LogP contribution in [-0.2, 0) is 4.74 Å². The van der Waals surface area contributed by atoms with Crippen molar-refractivity contribution < 1.29 is 4.74 Å². The Kier molecular flexibility index (Phi) is 4.61. The van der Waals surface area contributed by atoms with Gasteiger partial charge >= 0.3 is 0 Å². The number of aryl methyl sites for hydroxylation is 1. The van der Waals surface area contributed by atoms with Gasteiger partial charge in [0.2, 0.25) is 0 Å². The molecular weight excluding hydrogens is 236 g/mol. The maximum absolute atomic E-state index is 6.25. The standard InChI is InChI=1S/C16H26N2O/c1-11-5-7-15(8-6-11)16(14(4)17)18-9-12(2)19-13(3)10-18/h5-8,12-14,16H,9-10,17H2,1-4H3. The molecule has 1 aliphatic heterocycles. The first-order valence-corrected chi connectivity index (χ1v) is 7.19. The number of benzene rings is 1. The van der Waals surface area contributed by atoms with Crippen LogP contribution in [0.5, 0.6) is 0 Å². The number of nitrogens with zero attached hydrogens (tertiary/aromatic N) is 1. The van der Waals surface area contributed by atoms with Crippen molar-refractivity contribution in [2.75, 3.05) is 13.1 Å². The topological polar surface area (TPSA) is 38.5 Å². The molecule has 106 valence electrons. The highest BCUT2D eigenvalue weighted by molar-refractivity contribution is 5.25. The molecule has 0 aliphatic carbocycles. The molecule has 1 fully saturated rings. The van der Waals surface area contributed by atoms with Gasteiger partial charge in [0.05, 0.1) is 12.2 Å². The molecule has 3 nitrogen and oxygen atoms in total. The van der Waals surface area contributed by atoms with Crippen LogP contribution in [0.4, 0.5) is 0 Å². The first kappa shape index (κ1) is 14.5. The van der Waals surface area contributed by atoms with Crippen LogP contribution in [0.1, 0.15) is 37.9 Å². The van der Waals surface area contributed by atoms with Crippen LogP contribution in [0.3, 0.4) is 0 Å². The zero-order valence-corrected chi connectivity index (χ0v) is 12.5. The van der Waals surface area contributed by atoms with Gasteiger partial charge in [0, 0.05) is 25.2 Å². The molecular formula is C16H26N2O. The molecule has 0 radical (unpaired) electrons. The van der Waals surface area contributed by atoms with Crippen LogP contribution in [0.2, 0.25) is 0 Å². The minimum atomic E-state index is 0.111. The van der Waals surface area contributed by atoms with Gasteiger partial charge in [0.15, 0.2) is 0 Å². The minimum absolute atomic E-state index is 0.111. The average molecular weight is 262 g/mol. The molecule has 19 heavy (non-hydrogen) atoms. The molecule has 1 aromatic rings. The number of ether oxygens (including phenoxy) is 1. The summed E-state index contributed by atoms with van der Waals surface area (Å²) < 4.78 is 5.82. The van der Waals surface area contributed by atoms with Gasteiger partial charge in [-0.25, -0.2) is 0 Å². The Morgan fingerprint density at radius 3 is 2.16 bits per heavy atom. The fraction of sp³-hybridized carbons (Fsp3) is 0.625. The van der Waals surface area contributed by atoms with E-state index in [2.05, 4.69) is 56.9 Å². The van der Waals surface area contributed by atoms with Gasteiger partial charge in [0.1, 0.15) is 0 Å². The fourth-order valence-electron chi connectivity index (χ4n) is 3.06. The van der Waals surface area contributed by atoms with E-state index in [1.807, 2.05) is 0 Å². The molecule has 0 spiro atoms. The van der Waals surface area contributed by atoms with E-state index in [1.54, 1.807) is 0 Å². The summed E-state index contributed by atoms with van der Waals surface area (Å²) in [6, 6.07) is 9.12. The predicted molar refractivity (Wildman–Crippen MR) is 79.2 cm³/mol. The fourth-order valence-corrected chi connectivity index (χ4v) is 3.06. The highest BCUT2D eigenvalue weighted by atomic mass is 16.5. The minimum Gasteiger partial charge on any atom is -0.373 e. The Balaban J connectivity index is 2.22. The summed E-state index contributed by atoms with van der Waals surface area (Å²) in [6.45, 7) is 10.4. The molecule has 1 saturated heterocycles. The summed E-state index contributed by atoms with van der Waals surface area (Å²) in [6.07, 6.45) is 0.547. The van der Waals surface area contributed by atoms with E-state index in [9.17, 15) is 0 Å². The van der Waals surface area contributed by atoms with Crippen molar-refractivity contribution >= 4 is 0 Å². The third-order valence-corrected chi connectivity index (χ3v) is 3.76. The first-order chi connectivity index (χ1) is 8.97. The molecule has 0 amide bonds. The van der Waals surface area contributed by atoms with E-state index in [-0.39, 0.29) is 24.3 Å². The molecule has 0 aromatic heterocycles. The van der Waals surface area contributed by atoms with Crippen molar-refractivity contribution in [1.82, 2.24) is 4.90 Å². The molecule has 1 aliphatic rings. The van der Waals surface area contributed by atoms with Gasteiger partial charge in [-0.3, -0.25) is 4.90 Å². The smallest absolute Gasteiger partial charge is 0.0678 e. The van der Waals surface area contributed by atoms with Crippen LogP contribution in [0.15, 0.2) is 24.3 Å². The lowest BCUT2D eigenvalue weighted by molar-refractivity contribution is -0.0831. The third-order valence-electron chi connectivity index (χ3n) is 3.76. The maximum atomic E-state index is 6.25. The molecule has 2 rings (SSSR count). The van der Waals surface area contributed by atoms with E-state index in [1.165, 1.54) is 11.1 Å². The summed E-state index contributed by atoms with van der Waals surface area (Å²) in [4.78, 5) is 2.47.